The van der Waals surface area contributed by atoms with Crippen LogP contribution >= 0.6 is 15.9 Å². The van der Waals surface area contributed by atoms with Gasteiger partial charge in [-0.1, -0.05) is 15.9 Å². The fourth-order valence-electron chi connectivity index (χ4n) is 0.587. The number of hydrogen-bond donors (Lipinski definition) is 0. The molecule has 0 unspecified atom stereocenters. The van der Waals surface area contributed by atoms with Crippen molar-refractivity contribution in [2.75, 3.05) is 14.2 Å². The summed E-state index contributed by atoms with van der Waals surface area (Å²) in [6.07, 6.45) is -0.213. The van der Waals surface area contributed by atoms with E-state index in [2.05, 4.69) is 20.7 Å². The molecule has 0 spiro atoms. The summed E-state index contributed by atoms with van der Waals surface area (Å²) in [6.45, 7) is 3.51. The van der Waals surface area contributed by atoms with Crippen molar-refractivity contribution in [1.82, 2.24) is 0 Å². The predicted molar refractivity (Wildman–Crippen MR) is 45.8 cm³/mol. The van der Waals surface area contributed by atoms with Crippen LogP contribution in [0.2, 0.25) is 0 Å². The Morgan fingerprint density at radius 1 is 1.55 bits per heavy atom. The Morgan fingerprint density at radius 3 is 2.27 bits per heavy atom. The molecule has 0 saturated carbocycles. The van der Waals surface area contributed by atoms with Gasteiger partial charge in [0.1, 0.15) is 4.32 Å². The molecule has 0 bridgehead atoms. The second kappa shape index (κ2) is 4.07. The SMILES string of the molecule is COC(=O)[C@@](C)(Br)[C@H](C)OC. The first-order chi connectivity index (χ1) is 4.96. The summed E-state index contributed by atoms with van der Waals surface area (Å²) in [5.74, 6) is -0.327. The lowest BCUT2D eigenvalue weighted by molar-refractivity contribution is -0.146. The van der Waals surface area contributed by atoms with E-state index in [1.807, 2.05) is 0 Å². The molecule has 0 aliphatic rings. The highest BCUT2D eigenvalue weighted by atomic mass is 79.9. The van der Waals surface area contributed by atoms with Crippen LogP contribution in [-0.4, -0.2) is 30.6 Å². The lowest BCUT2D eigenvalue weighted by Crippen LogP contribution is -2.41. The van der Waals surface area contributed by atoms with E-state index in [1.165, 1.54) is 7.11 Å². The average Bonchev–Trinajstić information content (AvgIpc) is 2.01. The van der Waals surface area contributed by atoms with Crippen LogP contribution in [0, 0.1) is 0 Å². The average molecular weight is 225 g/mol. The Morgan fingerprint density at radius 2 is 2.00 bits per heavy atom. The maximum atomic E-state index is 11.1. The molecular weight excluding hydrogens is 212 g/mol. The summed E-state index contributed by atoms with van der Waals surface area (Å²) in [6, 6.07) is 0. The molecule has 0 rings (SSSR count). The predicted octanol–water partition coefficient (Wildman–Crippen LogP) is 1.35. The number of rotatable bonds is 3. The van der Waals surface area contributed by atoms with E-state index in [0.29, 0.717) is 0 Å². The zero-order valence-corrected chi connectivity index (χ0v) is 8.77. The van der Waals surface area contributed by atoms with Gasteiger partial charge in [-0.2, -0.15) is 0 Å². The standard InChI is InChI=1S/C7H13BrO3/c1-5(10-3)7(2,8)6(9)11-4/h5H,1-4H3/t5-,7-/m0/s1. The molecule has 0 fully saturated rings. The molecule has 11 heavy (non-hydrogen) atoms. The second-order valence-electron chi connectivity index (χ2n) is 2.45. The van der Waals surface area contributed by atoms with Gasteiger partial charge in [0.25, 0.3) is 0 Å². The molecule has 0 saturated heterocycles. The van der Waals surface area contributed by atoms with Crippen molar-refractivity contribution >= 4 is 21.9 Å². The molecule has 0 amide bonds. The van der Waals surface area contributed by atoms with Crippen molar-refractivity contribution in [2.45, 2.75) is 24.3 Å². The fourth-order valence-corrected chi connectivity index (χ4v) is 0.936. The van der Waals surface area contributed by atoms with Crippen LogP contribution < -0.4 is 0 Å². The van der Waals surface area contributed by atoms with E-state index < -0.39 is 4.32 Å². The van der Waals surface area contributed by atoms with Gasteiger partial charge in [-0.05, 0) is 13.8 Å². The van der Waals surface area contributed by atoms with Gasteiger partial charge in [-0.15, -0.1) is 0 Å². The van der Waals surface area contributed by atoms with Crippen LogP contribution in [0.25, 0.3) is 0 Å². The van der Waals surface area contributed by atoms with E-state index in [9.17, 15) is 4.79 Å². The second-order valence-corrected chi connectivity index (χ2v) is 4.09. The Labute approximate surface area is 75.2 Å². The number of carbonyl (C=O) groups excluding carboxylic acids is 1. The van der Waals surface area contributed by atoms with Crippen LogP contribution in [0.5, 0.6) is 0 Å². The molecule has 0 heterocycles. The molecule has 2 atom stereocenters. The number of hydrogen-bond acceptors (Lipinski definition) is 3. The molecule has 0 radical (unpaired) electrons. The normalized spacial score (nSPS) is 18.6. The van der Waals surface area contributed by atoms with Crippen LogP contribution in [0.15, 0.2) is 0 Å². The third-order valence-corrected chi connectivity index (χ3v) is 2.67. The van der Waals surface area contributed by atoms with Crippen LogP contribution in [-0.2, 0) is 14.3 Å². The fraction of sp³-hybridized carbons (Fsp3) is 0.857. The molecule has 66 valence electrons. The van der Waals surface area contributed by atoms with Crippen molar-refractivity contribution < 1.29 is 14.3 Å². The van der Waals surface area contributed by atoms with Gasteiger partial charge in [-0.25, -0.2) is 0 Å². The molecule has 0 N–H and O–H groups in total. The number of carbonyl (C=O) groups is 1. The van der Waals surface area contributed by atoms with E-state index in [1.54, 1.807) is 21.0 Å². The summed E-state index contributed by atoms with van der Waals surface area (Å²) in [7, 11) is 2.90. The quantitative estimate of drug-likeness (QED) is 0.537. The summed E-state index contributed by atoms with van der Waals surface area (Å²) >= 11 is 3.23. The van der Waals surface area contributed by atoms with Crippen molar-refractivity contribution in [3.63, 3.8) is 0 Å². The molecule has 0 aliphatic carbocycles. The molecule has 0 aliphatic heterocycles. The molecule has 3 nitrogen and oxygen atoms in total. The van der Waals surface area contributed by atoms with Gasteiger partial charge in [0.2, 0.25) is 0 Å². The number of alkyl halides is 1. The highest BCUT2D eigenvalue weighted by Gasteiger charge is 2.37. The first kappa shape index (κ1) is 10.9. The lowest BCUT2D eigenvalue weighted by Gasteiger charge is -2.25. The summed E-state index contributed by atoms with van der Waals surface area (Å²) < 4.78 is 8.81. The van der Waals surface area contributed by atoms with Crippen LogP contribution in [0.3, 0.4) is 0 Å². The van der Waals surface area contributed by atoms with Crippen molar-refractivity contribution in [1.29, 1.82) is 0 Å². The van der Waals surface area contributed by atoms with Gasteiger partial charge >= 0.3 is 5.97 Å². The zero-order valence-electron chi connectivity index (χ0n) is 7.18. The van der Waals surface area contributed by atoms with E-state index in [0.717, 1.165) is 0 Å². The monoisotopic (exact) mass is 224 g/mol. The highest BCUT2D eigenvalue weighted by Crippen LogP contribution is 2.25. The van der Waals surface area contributed by atoms with Crippen molar-refractivity contribution in [3.8, 4) is 0 Å². The molecule has 0 aromatic rings. The third-order valence-electron chi connectivity index (χ3n) is 1.70. The van der Waals surface area contributed by atoms with E-state index in [4.69, 9.17) is 4.74 Å². The molecule has 0 aromatic carbocycles. The first-order valence-electron chi connectivity index (χ1n) is 3.27. The Balaban J connectivity index is 4.31. The Bertz CT molecular complexity index is 145. The largest absolute Gasteiger partial charge is 0.468 e. The number of esters is 1. The van der Waals surface area contributed by atoms with Crippen LogP contribution in [0.1, 0.15) is 13.8 Å². The van der Waals surface area contributed by atoms with E-state index in [-0.39, 0.29) is 12.1 Å². The maximum absolute atomic E-state index is 11.1. The first-order valence-corrected chi connectivity index (χ1v) is 4.06. The van der Waals surface area contributed by atoms with Crippen molar-refractivity contribution in [3.05, 3.63) is 0 Å². The van der Waals surface area contributed by atoms with E-state index >= 15 is 0 Å². The minimum absolute atomic E-state index is 0.213. The van der Waals surface area contributed by atoms with Gasteiger partial charge in [0.05, 0.1) is 13.2 Å². The number of halogens is 1. The number of ether oxygens (including phenoxy) is 2. The minimum Gasteiger partial charge on any atom is -0.468 e. The van der Waals surface area contributed by atoms with Crippen molar-refractivity contribution in [2.24, 2.45) is 0 Å². The Kier molecular flexibility index (Phi) is 4.03. The van der Waals surface area contributed by atoms with Gasteiger partial charge in [0.15, 0.2) is 0 Å². The number of methoxy groups -OCH3 is 2. The van der Waals surface area contributed by atoms with Gasteiger partial charge in [-0.3, -0.25) is 4.79 Å². The van der Waals surface area contributed by atoms with Crippen LogP contribution in [0.4, 0.5) is 0 Å². The lowest BCUT2D eigenvalue weighted by atomic mass is 10.1. The maximum Gasteiger partial charge on any atom is 0.324 e. The zero-order chi connectivity index (χ0) is 9.07. The van der Waals surface area contributed by atoms with Gasteiger partial charge in [0, 0.05) is 7.11 Å². The summed E-state index contributed by atoms with van der Waals surface area (Å²) in [5, 5.41) is 0. The molecule has 4 heteroatoms. The smallest absolute Gasteiger partial charge is 0.324 e. The topological polar surface area (TPSA) is 35.5 Å². The van der Waals surface area contributed by atoms with Gasteiger partial charge < -0.3 is 9.47 Å². The highest BCUT2D eigenvalue weighted by molar-refractivity contribution is 9.10. The summed E-state index contributed by atoms with van der Waals surface area (Å²) in [5.41, 5.74) is 0. The Hall–Kier alpha value is -0.0900. The molecule has 0 aromatic heterocycles. The molecular formula is C7H13BrO3. The summed E-state index contributed by atoms with van der Waals surface area (Å²) in [4.78, 5) is 11.1. The minimum atomic E-state index is -0.753. The third kappa shape index (κ3) is 2.45.